The van der Waals surface area contributed by atoms with Gasteiger partial charge in [0.2, 0.25) is 29.6 Å². The predicted octanol–water partition coefficient (Wildman–Crippen LogP) is 1.56. The third kappa shape index (κ3) is 3.40. The number of aliphatic hydroxyl groups excluding tert-OH is 1. The Morgan fingerprint density at radius 2 is 1.84 bits per heavy atom. The standard InChI is InChI=1S/C22H23NO8/c1-27-16-7-5-11-13(8-15(16)25)14(23-17(26)9-24)6-4-12-18(11)20(29-3)22-21(19(12)28-2)30-10-31-22/h5,7-8,14,24H,4,6,9-10H2,1-3H3,(H,23,26). The van der Waals surface area contributed by atoms with Gasteiger partial charge < -0.3 is 34.1 Å². The van der Waals surface area contributed by atoms with Gasteiger partial charge >= 0.3 is 0 Å². The van der Waals surface area contributed by atoms with Gasteiger partial charge in [0.15, 0.2) is 17.2 Å². The van der Waals surface area contributed by atoms with E-state index < -0.39 is 18.6 Å². The Labute approximate surface area is 178 Å². The van der Waals surface area contributed by atoms with Crippen LogP contribution in [0.2, 0.25) is 0 Å². The first-order valence-electron chi connectivity index (χ1n) is 9.73. The van der Waals surface area contributed by atoms with E-state index in [0.29, 0.717) is 52.5 Å². The van der Waals surface area contributed by atoms with Crippen molar-refractivity contribution in [2.75, 3.05) is 34.7 Å². The van der Waals surface area contributed by atoms with Gasteiger partial charge in [-0.05, 0) is 36.1 Å². The molecule has 0 aromatic heterocycles. The fraction of sp³-hybridized carbons (Fsp3) is 0.364. The van der Waals surface area contributed by atoms with Crippen LogP contribution in [0.25, 0.3) is 11.1 Å². The summed E-state index contributed by atoms with van der Waals surface area (Å²) in [5.41, 5.74) is 2.40. The van der Waals surface area contributed by atoms with Crippen LogP contribution in [0.3, 0.4) is 0 Å². The number of nitrogens with one attached hydrogen (secondary N) is 1. The average molecular weight is 429 g/mol. The maximum absolute atomic E-state index is 12.7. The van der Waals surface area contributed by atoms with Crippen molar-refractivity contribution in [3.63, 3.8) is 0 Å². The number of benzene rings is 1. The van der Waals surface area contributed by atoms with Crippen LogP contribution in [0.15, 0.2) is 23.0 Å². The zero-order valence-electron chi connectivity index (χ0n) is 17.4. The fourth-order valence-electron chi connectivity index (χ4n) is 4.20. The van der Waals surface area contributed by atoms with Gasteiger partial charge in [-0.15, -0.1) is 0 Å². The van der Waals surface area contributed by atoms with Crippen molar-refractivity contribution in [1.82, 2.24) is 5.32 Å². The number of fused-ring (bicyclic) bond motifs is 4. The summed E-state index contributed by atoms with van der Waals surface area (Å²) in [5.74, 6) is 1.47. The molecule has 31 heavy (non-hydrogen) atoms. The van der Waals surface area contributed by atoms with E-state index in [-0.39, 0.29) is 18.0 Å². The molecule has 0 fully saturated rings. The van der Waals surface area contributed by atoms with Gasteiger partial charge in [0.1, 0.15) is 6.61 Å². The average Bonchev–Trinajstić information content (AvgIpc) is 3.13. The number of ether oxygens (including phenoxy) is 5. The van der Waals surface area contributed by atoms with Gasteiger partial charge in [-0.25, -0.2) is 0 Å². The van der Waals surface area contributed by atoms with Crippen molar-refractivity contribution in [3.05, 3.63) is 39.5 Å². The highest BCUT2D eigenvalue weighted by Gasteiger charge is 2.35. The first-order valence-corrected chi connectivity index (χ1v) is 9.73. The molecule has 0 bridgehead atoms. The van der Waals surface area contributed by atoms with Gasteiger partial charge in [-0.1, -0.05) is 6.07 Å². The van der Waals surface area contributed by atoms with E-state index in [1.54, 1.807) is 19.2 Å². The lowest BCUT2D eigenvalue weighted by Gasteiger charge is -2.19. The Morgan fingerprint density at radius 3 is 2.48 bits per heavy atom. The maximum atomic E-state index is 12.7. The highest BCUT2D eigenvalue weighted by atomic mass is 16.7. The Balaban J connectivity index is 2.07. The molecular weight excluding hydrogens is 406 g/mol. The summed E-state index contributed by atoms with van der Waals surface area (Å²) >= 11 is 0. The normalized spacial score (nSPS) is 15.9. The van der Waals surface area contributed by atoms with Crippen molar-refractivity contribution in [1.29, 1.82) is 0 Å². The molecule has 1 aliphatic heterocycles. The monoisotopic (exact) mass is 429 g/mol. The summed E-state index contributed by atoms with van der Waals surface area (Å²) < 4.78 is 27.9. The second-order valence-electron chi connectivity index (χ2n) is 7.08. The van der Waals surface area contributed by atoms with Crippen LogP contribution in [0.1, 0.15) is 23.6 Å². The van der Waals surface area contributed by atoms with Crippen LogP contribution >= 0.6 is 0 Å². The minimum atomic E-state index is -0.659. The van der Waals surface area contributed by atoms with Crippen LogP contribution in [0.4, 0.5) is 0 Å². The minimum absolute atomic E-state index is 0.0358. The van der Waals surface area contributed by atoms with E-state index in [4.69, 9.17) is 23.7 Å². The number of carbonyl (C=O) groups excluding carboxylic acids is 1. The molecule has 1 unspecified atom stereocenters. The van der Waals surface area contributed by atoms with Crippen LogP contribution in [0.5, 0.6) is 28.7 Å². The molecule has 1 heterocycles. The molecule has 164 valence electrons. The first-order chi connectivity index (χ1) is 15.0. The van der Waals surface area contributed by atoms with Crippen LogP contribution in [-0.2, 0) is 11.2 Å². The number of aliphatic hydroxyl groups is 1. The molecule has 0 saturated carbocycles. The van der Waals surface area contributed by atoms with Gasteiger partial charge in [0.25, 0.3) is 0 Å². The Bertz CT molecular complexity index is 1100. The Morgan fingerprint density at radius 1 is 1.13 bits per heavy atom. The topological polar surface area (TPSA) is 113 Å². The van der Waals surface area contributed by atoms with E-state index >= 15 is 0 Å². The summed E-state index contributed by atoms with van der Waals surface area (Å²) in [5, 5.41) is 12.1. The molecule has 4 rings (SSSR count). The molecule has 1 amide bonds. The summed E-state index contributed by atoms with van der Waals surface area (Å²) in [7, 11) is 4.50. The summed E-state index contributed by atoms with van der Waals surface area (Å²) in [6, 6.07) is 4.25. The van der Waals surface area contributed by atoms with Crippen molar-refractivity contribution in [2.45, 2.75) is 18.9 Å². The highest BCUT2D eigenvalue weighted by molar-refractivity contribution is 5.87. The predicted molar refractivity (Wildman–Crippen MR) is 110 cm³/mol. The summed E-state index contributed by atoms with van der Waals surface area (Å²) in [6.07, 6.45) is 0.947. The molecule has 9 nitrogen and oxygen atoms in total. The van der Waals surface area contributed by atoms with Crippen LogP contribution < -0.4 is 34.4 Å². The third-order valence-corrected chi connectivity index (χ3v) is 5.50. The van der Waals surface area contributed by atoms with E-state index in [0.717, 1.165) is 5.56 Å². The largest absolute Gasteiger partial charge is 0.493 e. The molecule has 2 aliphatic rings. The number of rotatable bonds is 5. The van der Waals surface area contributed by atoms with Gasteiger partial charge in [-0.3, -0.25) is 9.59 Å². The molecule has 0 saturated heterocycles. The molecule has 0 radical (unpaired) electrons. The molecular formula is C22H23NO8. The summed E-state index contributed by atoms with van der Waals surface area (Å²) in [6.45, 7) is -0.623. The highest BCUT2D eigenvalue weighted by Crippen LogP contribution is 2.57. The van der Waals surface area contributed by atoms with Crippen molar-refractivity contribution in [2.24, 2.45) is 0 Å². The maximum Gasteiger partial charge on any atom is 0.246 e. The van der Waals surface area contributed by atoms with Crippen molar-refractivity contribution in [3.8, 4) is 39.9 Å². The molecule has 9 heteroatoms. The lowest BCUT2D eigenvalue weighted by molar-refractivity contribution is -0.124. The first kappa shape index (κ1) is 20.8. The number of carbonyl (C=O) groups is 1. The fourth-order valence-corrected chi connectivity index (χ4v) is 4.20. The van der Waals surface area contributed by atoms with E-state index in [1.807, 2.05) is 0 Å². The molecule has 2 aromatic carbocycles. The molecule has 2 N–H and O–H groups in total. The van der Waals surface area contributed by atoms with E-state index in [1.165, 1.54) is 20.3 Å². The SMILES string of the molecule is COc1c2c(c(OC)c3c1OCO3)-c1ccc(OC)c(=O)cc1C(NC(=O)CO)CC2. The van der Waals surface area contributed by atoms with Crippen molar-refractivity contribution >= 4 is 5.91 Å². The zero-order valence-corrected chi connectivity index (χ0v) is 17.4. The molecule has 1 atom stereocenters. The second-order valence-corrected chi connectivity index (χ2v) is 7.08. The lowest BCUT2D eigenvalue weighted by Crippen LogP contribution is -2.31. The Hall–Kier alpha value is -3.46. The van der Waals surface area contributed by atoms with Gasteiger partial charge in [0.05, 0.1) is 27.4 Å². The molecule has 1 aliphatic carbocycles. The number of amides is 1. The second kappa shape index (κ2) is 8.35. The number of hydrogen-bond acceptors (Lipinski definition) is 8. The Kier molecular flexibility index (Phi) is 5.60. The zero-order chi connectivity index (χ0) is 22.1. The third-order valence-electron chi connectivity index (χ3n) is 5.50. The lowest BCUT2D eigenvalue weighted by atomic mass is 9.94. The van der Waals surface area contributed by atoms with E-state index in [9.17, 15) is 14.7 Å². The minimum Gasteiger partial charge on any atom is -0.493 e. The number of hydrogen-bond donors (Lipinski definition) is 2. The smallest absolute Gasteiger partial charge is 0.246 e. The molecule has 2 aromatic rings. The van der Waals surface area contributed by atoms with Crippen LogP contribution in [0, 0.1) is 0 Å². The van der Waals surface area contributed by atoms with E-state index in [2.05, 4.69) is 5.32 Å². The van der Waals surface area contributed by atoms with Gasteiger partial charge in [0, 0.05) is 11.1 Å². The quantitative estimate of drug-likeness (QED) is 0.737. The van der Waals surface area contributed by atoms with Gasteiger partial charge in [-0.2, -0.15) is 0 Å². The summed E-state index contributed by atoms with van der Waals surface area (Å²) in [4.78, 5) is 24.7. The molecule has 0 spiro atoms. The van der Waals surface area contributed by atoms with Crippen LogP contribution in [-0.4, -0.2) is 45.7 Å². The van der Waals surface area contributed by atoms with Crippen molar-refractivity contribution < 1.29 is 33.6 Å². The number of methoxy groups -OCH3 is 3.